The van der Waals surface area contributed by atoms with Gasteiger partial charge in [-0.15, -0.1) is 0 Å². The van der Waals surface area contributed by atoms with Gasteiger partial charge in [0.2, 0.25) is 0 Å². The fourth-order valence-electron chi connectivity index (χ4n) is 0.950. The van der Waals surface area contributed by atoms with E-state index in [1.807, 2.05) is 0 Å². The van der Waals surface area contributed by atoms with Crippen molar-refractivity contribution in [1.29, 1.82) is 0 Å². The van der Waals surface area contributed by atoms with Crippen molar-refractivity contribution in [2.75, 3.05) is 0 Å². The summed E-state index contributed by atoms with van der Waals surface area (Å²) in [7, 11) is 0. The number of nitrogens with zero attached hydrogens (tertiary/aromatic N) is 1. The highest BCUT2D eigenvalue weighted by atomic mass is 19.1. The van der Waals surface area contributed by atoms with Crippen molar-refractivity contribution in [1.82, 2.24) is 5.16 Å². The lowest BCUT2D eigenvalue weighted by molar-refractivity contribution is 0.432. The van der Waals surface area contributed by atoms with E-state index < -0.39 is 0 Å². The molecule has 1 aromatic heterocycles. The second-order valence-corrected chi connectivity index (χ2v) is 2.32. The number of rotatable bonds is 1. The largest absolute Gasteiger partial charge is 0.356 e. The van der Waals surface area contributed by atoms with Crippen LogP contribution in [0.15, 0.2) is 35.0 Å². The maximum Gasteiger partial charge on any atom is 0.166 e. The van der Waals surface area contributed by atoms with E-state index >= 15 is 0 Å². The third-order valence-corrected chi connectivity index (χ3v) is 1.48. The van der Waals surface area contributed by atoms with Gasteiger partial charge in [-0.2, -0.15) is 0 Å². The van der Waals surface area contributed by atoms with Crippen LogP contribution in [0.5, 0.6) is 0 Å². The average molecular weight is 162 g/mol. The van der Waals surface area contributed by atoms with Crippen LogP contribution in [-0.4, -0.2) is 5.16 Å². The molecule has 2 rings (SSSR count). The molecule has 2 nitrogen and oxygen atoms in total. The molecule has 0 aliphatic heterocycles. The molecule has 0 aliphatic rings. The van der Waals surface area contributed by atoms with Crippen LogP contribution in [-0.2, 0) is 0 Å². The van der Waals surface area contributed by atoms with E-state index in [-0.39, 0.29) is 5.82 Å². The van der Waals surface area contributed by atoms with Crippen LogP contribution in [0.4, 0.5) is 4.39 Å². The number of aromatic nitrogens is 1. The van der Waals surface area contributed by atoms with Crippen molar-refractivity contribution < 1.29 is 8.91 Å². The molecule has 12 heavy (non-hydrogen) atoms. The molecule has 1 heterocycles. The Bertz CT molecular complexity index is 370. The lowest BCUT2D eigenvalue weighted by atomic mass is 10.2. The Balaban J connectivity index is 2.48. The highest BCUT2D eigenvalue weighted by Crippen LogP contribution is 2.18. The number of benzene rings is 1. The van der Waals surface area contributed by atoms with E-state index in [0.29, 0.717) is 11.3 Å². The van der Waals surface area contributed by atoms with Crippen LogP contribution in [0.3, 0.4) is 0 Å². The fourth-order valence-corrected chi connectivity index (χ4v) is 0.950. The Morgan fingerprint density at radius 1 is 1.42 bits per heavy atom. The van der Waals surface area contributed by atoms with E-state index in [1.165, 1.54) is 18.3 Å². The van der Waals surface area contributed by atoms with Gasteiger partial charge in [-0.1, -0.05) is 5.16 Å². The number of halogens is 1. The second kappa shape index (κ2) is 2.77. The molecule has 0 bridgehead atoms. The minimum absolute atomic E-state index is 0.330. The first-order valence-corrected chi connectivity index (χ1v) is 3.44. The summed E-state index contributed by atoms with van der Waals surface area (Å²) in [5.41, 5.74) is 0.646. The molecule has 59 valence electrons. The highest BCUT2D eigenvalue weighted by molar-refractivity contribution is 5.55. The Morgan fingerprint density at radius 2 is 2.33 bits per heavy atom. The van der Waals surface area contributed by atoms with Gasteiger partial charge in [0.15, 0.2) is 5.76 Å². The Kier molecular flexibility index (Phi) is 1.63. The summed E-state index contributed by atoms with van der Waals surface area (Å²) in [6.07, 6.45) is 1.51. The fraction of sp³-hybridized carbons (Fsp3) is 0. The monoisotopic (exact) mass is 162 g/mol. The predicted octanol–water partition coefficient (Wildman–Crippen LogP) is 2.28. The molecule has 0 unspecified atom stereocenters. The van der Waals surface area contributed by atoms with Crippen molar-refractivity contribution in [2.24, 2.45) is 0 Å². The molecule has 0 aliphatic carbocycles. The number of hydrogen-bond donors (Lipinski definition) is 0. The van der Waals surface area contributed by atoms with Gasteiger partial charge in [0.25, 0.3) is 0 Å². The Hall–Kier alpha value is -1.64. The average Bonchev–Trinajstić information content (AvgIpc) is 2.56. The molecule has 0 spiro atoms. The van der Waals surface area contributed by atoms with Gasteiger partial charge in [0, 0.05) is 11.6 Å². The van der Waals surface area contributed by atoms with E-state index in [1.54, 1.807) is 12.1 Å². The van der Waals surface area contributed by atoms with Crippen LogP contribution in [0.2, 0.25) is 0 Å². The smallest absolute Gasteiger partial charge is 0.166 e. The first-order chi connectivity index (χ1) is 5.86. The van der Waals surface area contributed by atoms with Gasteiger partial charge in [0.1, 0.15) is 5.82 Å². The normalized spacial score (nSPS) is 10.1. The zero-order valence-electron chi connectivity index (χ0n) is 6.12. The zero-order chi connectivity index (χ0) is 8.39. The summed E-state index contributed by atoms with van der Waals surface area (Å²) in [4.78, 5) is 0. The molecule has 0 saturated heterocycles. The van der Waals surface area contributed by atoms with Crippen LogP contribution in [0.25, 0.3) is 11.3 Å². The molecule has 0 saturated carbocycles. The van der Waals surface area contributed by atoms with Crippen molar-refractivity contribution in [3.63, 3.8) is 0 Å². The Labute approximate surface area is 68.6 Å². The first-order valence-electron chi connectivity index (χ1n) is 3.44. The molecular formula is C9H5FNO. The van der Waals surface area contributed by atoms with Gasteiger partial charge < -0.3 is 4.52 Å². The van der Waals surface area contributed by atoms with E-state index in [4.69, 9.17) is 4.52 Å². The lowest BCUT2D eigenvalue weighted by Gasteiger charge is -1.93. The van der Waals surface area contributed by atoms with Crippen LogP contribution in [0.1, 0.15) is 0 Å². The quantitative estimate of drug-likeness (QED) is 0.642. The summed E-state index contributed by atoms with van der Waals surface area (Å²) >= 11 is 0. The van der Waals surface area contributed by atoms with Gasteiger partial charge in [0.05, 0.1) is 6.20 Å². The molecule has 1 aromatic carbocycles. The maximum absolute atomic E-state index is 12.7. The maximum atomic E-state index is 12.7. The van der Waals surface area contributed by atoms with Gasteiger partial charge in [-0.3, -0.25) is 0 Å². The third-order valence-electron chi connectivity index (χ3n) is 1.48. The summed E-state index contributed by atoms with van der Waals surface area (Å²) in [5.74, 6) is 0.217. The molecule has 3 heteroatoms. The Morgan fingerprint density at radius 3 is 3.00 bits per heavy atom. The molecule has 1 radical (unpaired) electrons. The van der Waals surface area contributed by atoms with Gasteiger partial charge in [-0.05, 0) is 24.3 Å². The predicted molar refractivity (Wildman–Crippen MR) is 40.7 cm³/mol. The molecule has 0 fully saturated rings. The molecular weight excluding hydrogens is 157 g/mol. The van der Waals surface area contributed by atoms with Crippen LogP contribution >= 0.6 is 0 Å². The van der Waals surface area contributed by atoms with Crippen molar-refractivity contribution >= 4 is 0 Å². The SMILES string of the molecule is Fc1c[c]cc(-c2ccno2)c1. The van der Waals surface area contributed by atoms with Crippen LogP contribution in [0, 0.1) is 11.9 Å². The van der Waals surface area contributed by atoms with Gasteiger partial charge >= 0.3 is 0 Å². The molecule has 2 aromatic rings. The van der Waals surface area contributed by atoms with Gasteiger partial charge in [-0.25, -0.2) is 4.39 Å². The lowest BCUT2D eigenvalue weighted by Crippen LogP contribution is -1.76. The third kappa shape index (κ3) is 1.21. The van der Waals surface area contributed by atoms with E-state index in [2.05, 4.69) is 11.2 Å². The van der Waals surface area contributed by atoms with Crippen molar-refractivity contribution in [3.8, 4) is 11.3 Å². The summed E-state index contributed by atoms with van der Waals surface area (Å²) < 4.78 is 17.5. The molecule has 0 N–H and O–H groups in total. The number of hydrogen-bond acceptors (Lipinski definition) is 2. The highest BCUT2D eigenvalue weighted by Gasteiger charge is 2.01. The second-order valence-electron chi connectivity index (χ2n) is 2.32. The summed E-state index contributed by atoms with van der Waals surface area (Å²) in [5, 5.41) is 3.52. The zero-order valence-corrected chi connectivity index (χ0v) is 6.12. The van der Waals surface area contributed by atoms with E-state index in [0.717, 1.165) is 0 Å². The van der Waals surface area contributed by atoms with Crippen molar-refractivity contribution in [2.45, 2.75) is 0 Å². The van der Waals surface area contributed by atoms with Crippen LogP contribution < -0.4 is 0 Å². The standard InChI is InChI=1S/C9H5FNO/c10-8-3-1-2-7(6-8)9-4-5-11-12-9/h2-6H. The first kappa shape index (κ1) is 7.03. The minimum Gasteiger partial charge on any atom is -0.356 e. The van der Waals surface area contributed by atoms with E-state index in [9.17, 15) is 4.39 Å². The molecule has 0 amide bonds. The molecule has 0 atom stereocenters. The summed E-state index contributed by atoms with van der Waals surface area (Å²) in [6.45, 7) is 0. The topological polar surface area (TPSA) is 26.0 Å². The minimum atomic E-state index is -0.330. The summed E-state index contributed by atoms with van der Waals surface area (Å²) in [6, 6.07) is 8.60. The van der Waals surface area contributed by atoms with Crippen molar-refractivity contribution in [3.05, 3.63) is 42.3 Å².